The van der Waals surface area contributed by atoms with Crippen LogP contribution in [0.3, 0.4) is 0 Å². The number of thioether (sulfide) groups is 1. The lowest BCUT2D eigenvalue weighted by atomic mass is 10.0. The van der Waals surface area contributed by atoms with Crippen molar-refractivity contribution in [3.8, 4) is 0 Å². The molecule has 0 amide bonds. The van der Waals surface area contributed by atoms with Crippen molar-refractivity contribution in [2.75, 3.05) is 17.3 Å². The topological polar surface area (TPSA) is 55.1 Å². The average Bonchev–Trinajstić information content (AvgIpc) is 2.65. The second-order valence-corrected chi connectivity index (χ2v) is 6.90. The predicted molar refractivity (Wildman–Crippen MR) is 87.7 cm³/mol. The third-order valence-corrected chi connectivity index (χ3v) is 5.45. The van der Waals surface area contributed by atoms with E-state index in [4.69, 9.17) is 5.73 Å². The van der Waals surface area contributed by atoms with Crippen molar-refractivity contribution in [1.82, 2.24) is 0 Å². The van der Waals surface area contributed by atoms with E-state index >= 15 is 0 Å². The number of nitrogens with one attached hydrogen (secondary N) is 1. The lowest BCUT2D eigenvalue weighted by Crippen LogP contribution is -2.17. The van der Waals surface area contributed by atoms with Crippen LogP contribution >= 0.6 is 23.1 Å². The Kier molecular flexibility index (Phi) is 6.20. The summed E-state index contributed by atoms with van der Waals surface area (Å²) in [6.45, 7) is 8.22. The van der Waals surface area contributed by atoms with Crippen LogP contribution in [0.2, 0.25) is 0 Å². The second kappa shape index (κ2) is 7.20. The van der Waals surface area contributed by atoms with Crippen LogP contribution in [0.15, 0.2) is 4.90 Å². The summed E-state index contributed by atoms with van der Waals surface area (Å²) in [5, 5.41) is 4.54. The molecule has 0 radical (unpaired) electrons. The molecule has 3 nitrogen and oxygen atoms in total. The van der Waals surface area contributed by atoms with Crippen LogP contribution < -0.4 is 11.1 Å². The first-order chi connectivity index (χ1) is 8.90. The number of carbonyl (C=O) groups is 1. The Morgan fingerprint density at radius 3 is 2.58 bits per heavy atom. The van der Waals surface area contributed by atoms with E-state index in [0.29, 0.717) is 22.5 Å². The Labute approximate surface area is 124 Å². The molecule has 1 rings (SSSR count). The molecule has 1 heterocycles. The highest BCUT2D eigenvalue weighted by molar-refractivity contribution is 7.99. The molecule has 3 N–H and O–H groups in total. The number of hydrogen-bond donors (Lipinski definition) is 2. The Hall–Kier alpha value is -0.680. The van der Waals surface area contributed by atoms with Crippen LogP contribution in [0.5, 0.6) is 0 Å². The smallest absolute Gasteiger partial charge is 0.171 e. The fourth-order valence-electron chi connectivity index (χ4n) is 2.04. The molecule has 19 heavy (non-hydrogen) atoms. The fourth-order valence-corrected chi connectivity index (χ4v) is 4.07. The number of nitrogens with two attached hydrogens (primary N) is 1. The van der Waals surface area contributed by atoms with E-state index in [2.05, 4.69) is 26.1 Å². The van der Waals surface area contributed by atoms with Crippen LogP contribution in [-0.4, -0.2) is 18.1 Å². The number of rotatable bonds is 7. The molecule has 0 spiro atoms. The van der Waals surface area contributed by atoms with E-state index in [-0.39, 0.29) is 5.78 Å². The normalized spacial score (nSPS) is 14.2. The molecule has 2 unspecified atom stereocenters. The summed E-state index contributed by atoms with van der Waals surface area (Å²) in [5.41, 5.74) is 6.68. The zero-order valence-electron chi connectivity index (χ0n) is 12.4. The summed E-state index contributed by atoms with van der Waals surface area (Å²) in [7, 11) is 0. The van der Waals surface area contributed by atoms with Gasteiger partial charge in [0.25, 0.3) is 0 Å². The maximum atomic E-state index is 11.6. The van der Waals surface area contributed by atoms with Gasteiger partial charge in [0.2, 0.25) is 0 Å². The molecule has 5 heteroatoms. The van der Waals surface area contributed by atoms with Gasteiger partial charge in [-0.2, -0.15) is 0 Å². The highest BCUT2D eigenvalue weighted by Gasteiger charge is 2.19. The van der Waals surface area contributed by atoms with Gasteiger partial charge in [0.05, 0.1) is 15.5 Å². The summed E-state index contributed by atoms with van der Waals surface area (Å²) in [6, 6.07) is 0.388. The van der Waals surface area contributed by atoms with Crippen molar-refractivity contribution in [1.29, 1.82) is 0 Å². The van der Waals surface area contributed by atoms with Crippen LogP contribution in [0.1, 0.15) is 50.2 Å². The molecule has 0 aliphatic rings. The van der Waals surface area contributed by atoms with Gasteiger partial charge in [-0.1, -0.05) is 20.3 Å². The van der Waals surface area contributed by atoms with Gasteiger partial charge in [-0.05, 0) is 25.5 Å². The molecule has 0 saturated carbocycles. The van der Waals surface area contributed by atoms with Gasteiger partial charge in [-0.3, -0.25) is 4.79 Å². The molecule has 0 aliphatic carbocycles. The summed E-state index contributed by atoms with van der Waals surface area (Å²) < 4.78 is 0. The molecular formula is C14H24N2OS2. The first kappa shape index (κ1) is 16.4. The molecule has 0 saturated heterocycles. The van der Waals surface area contributed by atoms with Gasteiger partial charge in [0, 0.05) is 13.0 Å². The predicted octanol–water partition coefficient (Wildman–Crippen LogP) is 4.49. The van der Waals surface area contributed by atoms with E-state index in [1.54, 1.807) is 18.7 Å². The van der Waals surface area contributed by atoms with E-state index < -0.39 is 0 Å². The third kappa shape index (κ3) is 4.14. The number of anilines is 2. The molecule has 0 bridgehead atoms. The Bertz CT molecular complexity index is 443. The van der Waals surface area contributed by atoms with Gasteiger partial charge in [0.15, 0.2) is 5.78 Å². The molecule has 0 aliphatic heterocycles. The first-order valence-electron chi connectivity index (χ1n) is 6.64. The highest BCUT2D eigenvalue weighted by Crippen LogP contribution is 2.42. The zero-order chi connectivity index (χ0) is 14.6. The van der Waals surface area contributed by atoms with E-state index in [1.807, 2.05) is 6.26 Å². The number of thiophene rings is 1. The summed E-state index contributed by atoms with van der Waals surface area (Å²) in [5.74, 6) is 0.741. The SMILES string of the molecule is CCC(C)CC(C)Nc1sc(C(C)=O)c(N)c1SC. The number of Topliss-reactive ketones (excluding diaryl/α,β-unsaturated/α-hetero) is 1. The summed E-state index contributed by atoms with van der Waals surface area (Å²) >= 11 is 3.07. The van der Waals surface area contributed by atoms with Crippen LogP contribution in [0, 0.1) is 5.92 Å². The van der Waals surface area contributed by atoms with Crippen molar-refractivity contribution >= 4 is 39.6 Å². The van der Waals surface area contributed by atoms with Crippen molar-refractivity contribution < 1.29 is 4.79 Å². The number of carbonyl (C=O) groups excluding carboxylic acids is 1. The van der Waals surface area contributed by atoms with Gasteiger partial charge in [-0.15, -0.1) is 23.1 Å². The standard InChI is InChI=1S/C14H24N2OS2/c1-6-8(2)7-9(3)16-14-13(18-5)11(15)12(19-14)10(4)17/h8-9,16H,6-7,15H2,1-5H3. The van der Waals surface area contributed by atoms with Gasteiger partial charge in [-0.25, -0.2) is 0 Å². The van der Waals surface area contributed by atoms with Gasteiger partial charge < -0.3 is 11.1 Å². The number of hydrogen-bond acceptors (Lipinski definition) is 5. The summed E-state index contributed by atoms with van der Waals surface area (Å²) in [6.07, 6.45) is 4.30. The van der Waals surface area contributed by atoms with Gasteiger partial charge >= 0.3 is 0 Å². The van der Waals surface area contributed by atoms with Crippen molar-refractivity contribution in [2.24, 2.45) is 5.92 Å². The number of nitrogen functional groups attached to an aromatic ring is 1. The van der Waals surface area contributed by atoms with E-state index in [9.17, 15) is 4.79 Å². The minimum Gasteiger partial charge on any atom is -0.396 e. The van der Waals surface area contributed by atoms with Crippen LogP contribution in [0.4, 0.5) is 10.7 Å². The van der Waals surface area contributed by atoms with Crippen molar-refractivity contribution in [3.63, 3.8) is 0 Å². The number of ketones is 1. The molecular weight excluding hydrogens is 276 g/mol. The maximum absolute atomic E-state index is 11.6. The minimum atomic E-state index is 0.0421. The lowest BCUT2D eigenvalue weighted by molar-refractivity contribution is 0.102. The van der Waals surface area contributed by atoms with Crippen LogP contribution in [0.25, 0.3) is 0 Å². The molecule has 1 aromatic rings. The largest absolute Gasteiger partial charge is 0.396 e. The Morgan fingerprint density at radius 1 is 1.47 bits per heavy atom. The van der Waals surface area contributed by atoms with Crippen molar-refractivity contribution in [2.45, 2.75) is 51.5 Å². The minimum absolute atomic E-state index is 0.0421. The summed E-state index contributed by atoms with van der Waals surface area (Å²) in [4.78, 5) is 13.2. The molecule has 0 aromatic carbocycles. The first-order valence-corrected chi connectivity index (χ1v) is 8.68. The zero-order valence-corrected chi connectivity index (χ0v) is 14.0. The van der Waals surface area contributed by atoms with Crippen molar-refractivity contribution in [3.05, 3.63) is 4.88 Å². The Morgan fingerprint density at radius 2 is 2.11 bits per heavy atom. The highest BCUT2D eigenvalue weighted by atomic mass is 32.2. The fraction of sp³-hybridized carbons (Fsp3) is 0.643. The third-order valence-electron chi connectivity index (χ3n) is 3.25. The molecule has 1 aromatic heterocycles. The second-order valence-electron chi connectivity index (χ2n) is 5.06. The van der Waals surface area contributed by atoms with E-state index in [0.717, 1.165) is 16.3 Å². The quantitative estimate of drug-likeness (QED) is 0.575. The molecule has 0 fully saturated rings. The van der Waals surface area contributed by atoms with Gasteiger partial charge in [0.1, 0.15) is 5.00 Å². The van der Waals surface area contributed by atoms with Crippen LogP contribution in [-0.2, 0) is 0 Å². The molecule has 108 valence electrons. The van der Waals surface area contributed by atoms with E-state index in [1.165, 1.54) is 17.8 Å². The molecule has 2 atom stereocenters. The maximum Gasteiger partial charge on any atom is 0.171 e. The lowest BCUT2D eigenvalue weighted by Gasteiger charge is -2.18. The average molecular weight is 300 g/mol. The Balaban J connectivity index is 2.88. The monoisotopic (exact) mass is 300 g/mol.